The molecule has 4 nitrogen and oxygen atoms in total. The second-order valence-electron chi connectivity index (χ2n) is 5.91. The maximum absolute atomic E-state index is 11.6. The van der Waals surface area contributed by atoms with Crippen molar-refractivity contribution in [3.05, 3.63) is 23.8 Å². The molecule has 1 aromatic rings. The van der Waals surface area contributed by atoms with Gasteiger partial charge in [-0.15, -0.1) is 0 Å². The van der Waals surface area contributed by atoms with Crippen LogP contribution >= 0.6 is 0 Å². The van der Waals surface area contributed by atoms with Gasteiger partial charge in [0.2, 0.25) is 0 Å². The lowest BCUT2D eigenvalue weighted by Gasteiger charge is -2.19. The van der Waals surface area contributed by atoms with E-state index in [1.54, 1.807) is 32.9 Å². The highest BCUT2D eigenvalue weighted by Gasteiger charge is 2.17. The van der Waals surface area contributed by atoms with Gasteiger partial charge in [-0.2, -0.15) is 0 Å². The van der Waals surface area contributed by atoms with E-state index in [0.29, 0.717) is 11.7 Å². The van der Waals surface area contributed by atoms with E-state index in [9.17, 15) is 9.90 Å². The molecule has 0 aromatic heterocycles. The number of rotatable bonds is 5. The van der Waals surface area contributed by atoms with Crippen LogP contribution in [0.5, 0.6) is 11.5 Å². The van der Waals surface area contributed by atoms with Gasteiger partial charge in [-0.3, -0.25) is 0 Å². The molecule has 4 heteroatoms. The van der Waals surface area contributed by atoms with Gasteiger partial charge in [0.1, 0.15) is 5.60 Å². The molecule has 0 aliphatic heterocycles. The van der Waals surface area contributed by atoms with E-state index in [2.05, 4.69) is 13.8 Å². The molecular weight excluding hydrogens is 256 g/mol. The standard InChI is InChI=1S/C16H24O4/c1-6-11(2)12-7-8-13(17)14(9-12)19-10-15(18)20-16(3,4)5/h7-9,11,17H,6,10H2,1-5H3. The highest BCUT2D eigenvalue weighted by atomic mass is 16.6. The number of esters is 1. The molecule has 20 heavy (non-hydrogen) atoms. The number of hydrogen-bond acceptors (Lipinski definition) is 4. The van der Waals surface area contributed by atoms with Gasteiger partial charge in [-0.25, -0.2) is 4.79 Å². The second kappa shape index (κ2) is 6.64. The van der Waals surface area contributed by atoms with Crippen LogP contribution in [0.15, 0.2) is 18.2 Å². The lowest BCUT2D eigenvalue weighted by Crippen LogP contribution is -2.27. The number of phenols is 1. The Hall–Kier alpha value is -1.71. The number of benzene rings is 1. The fraction of sp³-hybridized carbons (Fsp3) is 0.562. The number of phenolic OH excluding ortho intramolecular Hbond substituents is 1. The van der Waals surface area contributed by atoms with E-state index in [-0.39, 0.29) is 12.4 Å². The zero-order valence-corrected chi connectivity index (χ0v) is 12.9. The Labute approximate surface area is 120 Å². The Morgan fingerprint density at radius 3 is 2.55 bits per heavy atom. The number of ether oxygens (including phenoxy) is 2. The Morgan fingerprint density at radius 2 is 2.00 bits per heavy atom. The Kier molecular flexibility index (Phi) is 5.43. The van der Waals surface area contributed by atoms with Crippen LogP contribution in [0.4, 0.5) is 0 Å². The van der Waals surface area contributed by atoms with Crippen molar-refractivity contribution < 1.29 is 19.4 Å². The molecule has 1 N–H and O–H groups in total. The fourth-order valence-electron chi connectivity index (χ4n) is 1.70. The minimum absolute atomic E-state index is 0.0283. The van der Waals surface area contributed by atoms with E-state index in [1.165, 1.54) is 0 Å². The van der Waals surface area contributed by atoms with Crippen molar-refractivity contribution in [2.45, 2.75) is 52.6 Å². The molecule has 112 valence electrons. The maximum atomic E-state index is 11.6. The highest BCUT2D eigenvalue weighted by molar-refractivity contribution is 5.71. The third-order valence-electron chi connectivity index (χ3n) is 2.93. The van der Waals surface area contributed by atoms with Crippen LogP contribution in [0.1, 0.15) is 52.5 Å². The molecule has 0 amide bonds. The van der Waals surface area contributed by atoms with E-state index in [4.69, 9.17) is 9.47 Å². The van der Waals surface area contributed by atoms with Crippen LogP contribution in [0.25, 0.3) is 0 Å². The third kappa shape index (κ3) is 5.11. The largest absolute Gasteiger partial charge is 0.504 e. The molecular formula is C16H24O4. The lowest BCUT2D eigenvalue weighted by molar-refractivity contribution is -0.157. The molecule has 0 aliphatic rings. The monoisotopic (exact) mass is 280 g/mol. The van der Waals surface area contributed by atoms with Gasteiger partial charge in [0.25, 0.3) is 0 Å². The first kappa shape index (κ1) is 16.3. The van der Waals surface area contributed by atoms with Crippen molar-refractivity contribution >= 4 is 5.97 Å². The molecule has 1 aromatic carbocycles. The molecule has 0 saturated heterocycles. The van der Waals surface area contributed by atoms with Crippen LogP contribution in [-0.2, 0) is 9.53 Å². The molecule has 1 atom stereocenters. The van der Waals surface area contributed by atoms with Crippen LogP contribution in [0.3, 0.4) is 0 Å². The van der Waals surface area contributed by atoms with Gasteiger partial charge in [0.15, 0.2) is 18.1 Å². The van der Waals surface area contributed by atoms with Gasteiger partial charge in [-0.05, 0) is 50.8 Å². The quantitative estimate of drug-likeness (QED) is 0.837. The smallest absolute Gasteiger partial charge is 0.344 e. The van der Waals surface area contributed by atoms with Gasteiger partial charge < -0.3 is 14.6 Å². The van der Waals surface area contributed by atoms with Gasteiger partial charge >= 0.3 is 5.97 Å². The van der Waals surface area contributed by atoms with Gasteiger partial charge in [0, 0.05) is 0 Å². The highest BCUT2D eigenvalue weighted by Crippen LogP contribution is 2.31. The fourth-order valence-corrected chi connectivity index (χ4v) is 1.70. The van der Waals surface area contributed by atoms with Crippen molar-refractivity contribution in [1.29, 1.82) is 0 Å². The lowest BCUT2D eigenvalue weighted by atomic mass is 9.98. The molecule has 0 aliphatic carbocycles. The summed E-state index contributed by atoms with van der Waals surface area (Å²) in [5, 5.41) is 9.76. The zero-order valence-electron chi connectivity index (χ0n) is 12.9. The first-order valence-electron chi connectivity index (χ1n) is 6.90. The maximum Gasteiger partial charge on any atom is 0.344 e. The first-order valence-corrected chi connectivity index (χ1v) is 6.90. The molecule has 0 radical (unpaired) electrons. The van der Waals surface area contributed by atoms with Crippen LogP contribution < -0.4 is 4.74 Å². The Morgan fingerprint density at radius 1 is 1.35 bits per heavy atom. The zero-order chi connectivity index (χ0) is 15.3. The number of carbonyl (C=O) groups excluding carboxylic acids is 1. The molecule has 0 bridgehead atoms. The molecule has 0 saturated carbocycles. The molecule has 0 spiro atoms. The van der Waals surface area contributed by atoms with Crippen molar-refractivity contribution in [2.75, 3.05) is 6.61 Å². The minimum Gasteiger partial charge on any atom is -0.504 e. The van der Waals surface area contributed by atoms with Crippen molar-refractivity contribution in [3.8, 4) is 11.5 Å². The summed E-state index contributed by atoms with van der Waals surface area (Å²) in [6.45, 7) is 9.38. The van der Waals surface area contributed by atoms with Crippen molar-refractivity contribution in [2.24, 2.45) is 0 Å². The van der Waals surface area contributed by atoms with Crippen LogP contribution in [0, 0.1) is 0 Å². The minimum atomic E-state index is -0.541. The SMILES string of the molecule is CCC(C)c1ccc(O)c(OCC(=O)OC(C)(C)C)c1. The van der Waals surface area contributed by atoms with Crippen molar-refractivity contribution in [1.82, 2.24) is 0 Å². The van der Waals surface area contributed by atoms with E-state index in [1.807, 2.05) is 6.07 Å². The summed E-state index contributed by atoms with van der Waals surface area (Å²) in [5.74, 6) is 0.264. The molecule has 1 rings (SSSR count). The average molecular weight is 280 g/mol. The predicted molar refractivity (Wildman–Crippen MR) is 78.2 cm³/mol. The Bertz CT molecular complexity index is 460. The average Bonchev–Trinajstić information content (AvgIpc) is 2.34. The van der Waals surface area contributed by atoms with Gasteiger partial charge in [-0.1, -0.05) is 19.9 Å². The van der Waals surface area contributed by atoms with E-state index >= 15 is 0 Å². The number of aromatic hydroxyl groups is 1. The van der Waals surface area contributed by atoms with Gasteiger partial charge in [0.05, 0.1) is 0 Å². The normalized spacial score (nSPS) is 12.8. The number of hydrogen-bond donors (Lipinski definition) is 1. The van der Waals surface area contributed by atoms with E-state index < -0.39 is 11.6 Å². The first-order chi connectivity index (χ1) is 9.23. The summed E-state index contributed by atoms with van der Waals surface area (Å²) in [4.78, 5) is 11.6. The number of carbonyl (C=O) groups is 1. The second-order valence-corrected chi connectivity index (χ2v) is 5.91. The topological polar surface area (TPSA) is 55.8 Å². The molecule has 1 unspecified atom stereocenters. The summed E-state index contributed by atoms with van der Waals surface area (Å²) < 4.78 is 10.5. The summed E-state index contributed by atoms with van der Waals surface area (Å²) in [5.41, 5.74) is 0.533. The van der Waals surface area contributed by atoms with Crippen LogP contribution in [-0.4, -0.2) is 23.3 Å². The molecule has 0 fully saturated rings. The Balaban J connectivity index is 2.70. The van der Waals surface area contributed by atoms with Crippen LogP contribution in [0.2, 0.25) is 0 Å². The molecule has 0 heterocycles. The summed E-state index contributed by atoms with van der Waals surface area (Å²) in [6, 6.07) is 5.23. The van der Waals surface area contributed by atoms with E-state index in [0.717, 1.165) is 12.0 Å². The summed E-state index contributed by atoms with van der Waals surface area (Å²) >= 11 is 0. The summed E-state index contributed by atoms with van der Waals surface area (Å²) in [7, 11) is 0. The predicted octanol–water partition coefficient (Wildman–Crippen LogP) is 3.63. The third-order valence-corrected chi connectivity index (χ3v) is 2.93. The van der Waals surface area contributed by atoms with Crippen molar-refractivity contribution in [3.63, 3.8) is 0 Å². The summed E-state index contributed by atoms with van der Waals surface area (Å²) in [6.07, 6.45) is 0.996.